The van der Waals surface area contributed by atoms with Gasteiger partial charge in [0, 0.05) is 18.0 Å². The summed E-state index contributed by atoms with van der Waals surface area (Å²) in [5.41, 5.74) is 1.12. The van der Waals surface area contributed by atoms with Crippen molar-refractivity contribution < 1.29 is 4.42 Å². The van der Waals surface area contributed by atoms with Crippen LogP contribution in [0.4, 0.5) is 0 Å². The summed E-state index contributed by atoms with van der Waals surface area (Å²) in [5.74, 6) is 0.863. The summed E-state index contributed by atoms with van der Waals surface area (Å²) in [6, 6.07) is 4.55. The standard InChI is InChI=1S/C13H16N2OS/c1-2-5-10(4-1)14-8-11-9-17-13(15-11)12-6-3-7-16-12/h3,6-7,9-10,14H,1-2,4-5,8H2. The van der Waals surface area contributed by atoms with Crippen LogP contribution in [0.15, 0.2) is 28.2 Å². The number of furan rings is 1. The number of nitrogens with one attached hydrogen (secondary N) is 1. The second-order valence-electron chi connectivity index (χ2n) is 4.48. The monoisotopic (exact) mass is 248 g/mol. The molecule has 1 N–H and O–H groups in total. The van der Waals surface area contributed by atoms with Crippen LogP contribution < -0.4 is 5.32 Å². The minimum absolute atomic E-state index is 0.698. The van der Waals surface area contributed by atoms with E-state index in [9.17, 15) is 0 Å². The number of rotatable bonds is 4. The smallest absolute Gasteiger partial charge is 0.162 e. The topological polar surface area (TPSA) is 38.1 Å². The van der Waals surface area contributed by atoms with E-state index in [-0.39, 0.29) is 0 Å². The molecule has 0 bridgehead atoms. The third-order valence-electron chi connectivity index (χ3n) is 3.21. The molecule has 1 aliphatic carbocycles. The molecule has 1 saturated carbocycles. The Labute approximate surface area is 105 Å². The first-order valence-corrected chi connectivity index (χ1v) is 7.01. The van der Waals surface area contributed by atoms with Gasteiger partial charge in [0.1, 0.15) is 0 Å². The molecule has 2 heterocycles. The molecule has 0 saturated heterocycles. The number of aromatic nitrogens is 1. The van der Waals surface area contributed by atoms with E-state index in [1.807, 2.05) is 12.1 Å². The van der Waals surface area contributed by atoms with E-state index in [1.54, 1.807) is 17.6 Å². The fraction of sp³-hybridized carbons (Fsp3) is 0.462. The number of hydrogen-bond donors (Lipinski definition) is 1. The maximum atomic E-state index is 5.34. The van der Waals surface area contributed by atoms with Crippen LogP contribution in [-0.2, 0) is 6.54 Å². The van der Waals surface area contributed by atoms with E-state index in [0.29, 0.717) is 6.04 Å². The van der Waals surface area contributed by atoms with E-state index in [0.717, 1.165) is 23.0 Å². The predicted octanol–water partition coefficient (Wildman–Crippen LogP) is 3.44. The number of thiazole rings is 1. The number of nitrogens with zero attached hydrogens (tertiary/aromatic N) is 1. The minimum Gasteiger partial charge on any atom is -0.462 e. The van der Waals surface area contributed by atoms with Gasteiger partial charge in [-0.1, -0.05) is 12.8 Å². The predicted molar refractivity (Wildman–Crippen MR) is 68.9 cm³/mol. The molecule has 0 amide bonds. The highest BCUT2D eigenvalue weighted by molar-refractivity contribution is 7.13. The SMILES string of the molecule is c1coc(-c2nc(CNC3CCCC3)cs2)c1. The third kappa shape index (κ3) is 2.58. The van der Waals surface area contributed by atoms with Gasteiger partial charge in [-0.3, -0.25) is 0 Å². The Morgan fingerprint density at radius 2 is 2.29 bits per heavy atom. The molecular weight excluding hydrogens is 232 g/mol. The Bertz CT molecular complexity index is 457. The van der Waals surface area contributed by atoms with Crippen molar-refractivity contribution in [3.8, 4) is 10.8 Å². The molecule has 0 aromatic carbocycles. The highest BCUT2D eigenvalue weighted by Gasteiger charge is 2.14. The minimum atomic E-state index is 0.698. The molecule has 1 fully saturated rings. The second-order valence-corrected chi connectivity index (χ2v) is 5.34. The molecule has 0 unspecified atom stereocenters. The van der Waals surface area contributed by atoms with Gasteiger partial charge in [0.05, 0.1) is 12.0 Å². The fourth-order valence-electron chi connectivity index (χ4n) is 2.28. The van der Waals surface area contributed by atoms with E-state index in [1.165, 1.54) is 25.7 Å². The van der Waals surface area contributed by atoms with Gasteiger partial charge >= 0.3 is 0 Å². The van der Waals surface area contributed by atoms with Gasteiger partial charge in [-0.2, -0.15) is 0 Å². The molecule has 3 nitrogen and oxygen atoms in total. The maximum Gasteiger partial charge on any atom is 0.162 e. The molecule has 17 heavy (non-hydrogen) atoms. The van der Waals surface area contributed by atoms with Crippen molar-refractivity contribution in [3.63, 3.8) is 0 Å². The van der Waals surface area contributed by atoms with Gasteiger partial charge in [-0.15, -0.1) is 11.3 Å². The first kappa shape index (κ1) is 11.0. The zero-order valence-electron chi connectivity index (χ0n) is 9.69. The molecule has 0 atom stereocenters. The summed E-state index contributed by atoms with van der Waals surface area (Å²) in [5, 5.41) is 6.65. The quantitative estimate of drug-likeness (QED) is 0.900. The Balaban J connectivity index is 1.60. The van der Waals surface area contributed by atoms with E-state index in [2.05, 4.69) is 15.7 Å². The van der Waals surface area contributed by atoms with E-state index < -0.39 is 0 Å². The van der Waals surface area contributed by atoms with Crippen LogP contribution in [-0.4, -0.2) is 11.0 Å². The normalized spacial score (nSPS) is 16.7. The van der Waals surface area contributed by atoms with Gasteiger partial charge < -0.3 is 9.73 Å². The molecule has 0 aliphatic heterocycles. The van der Waals surface area contributed by atoms with Crippen molar-refractivity contribution in [2.24, 2.45) is 0 Å². The average Bonchev–Trinajstić information content (AvgIpc) is 3.09. The molecule has 0 radical (unpaired) electrons. The van der Waals surface area contributed by atoms with Crippen molar-refractivity contribution in [1.82, 2.24) is 10.3 Å². The average molecular weight is 248 g/mol. The number of hydrogen-bond acceptors (Lipinski definition) is 4. The van der Waals surface area contributed by atoms with Crippen LogP contribution in [0.5, 0.6) is 0 Å². The van der Waals surface area contributed by atoms with Crippen molar-refractivity contribution in [1.29, 1.82) is 0 Å². The zero-order valence-corrected chi connectivity index (χ0v) is 10.5. The first-order chi connectivity index (χ1) is 8.42. The largest absolute Gasteiger partial charge is 0.462 e. The molecule has 2 aromatic rings. The Morgan fingerprint density at radius 3 is 3.06 bits per heavy atom. The molecule has 90 valence electrons. The van der Waals surface area contributed by atoms with Crippen molar-refractivity contribution in [3.05, 3.63) is 29.5 Å². The lowest BCUT2D eigenvalue weighted by Gasteiger charge is -2.09. The summed E-state index contributed by atoms with van der Waals surface area (Å²) < 4.78 is 5.34. The fourth-order valence-corrected chi connectivity index (χ4v) is 3.07. The van der Waals surface area contributed by atoms with Gasteiger partial charge in [0.2, 0.25) is 0 Å². The highest BCUT2D eigenvalue weighted by Crippen LogP contribution is 2.24. The van der Waals surface area contributed by atoms with Gasteiger partial charge in [0.15, 0.2) is 10.8 Å². The lowest BCUT2D eigenvalue weighted by Crippen LogP contribution is -2.25. The first-order valence-electron chi connectivity index (χ1n) is 6.13. The van der Waals surface area contributed by atoms with Crippen molar-refractivity contribution in [2.45, 2.75) is 38.3 Å². The van der Waals surface area contributed by atoms with Crippen LogP contribution >= 0.6 is 11.3 Å². The molecule has 0 spiro atoms. The van der Waals surface area contributed by atoms with Crippen LogP contribution in [0, 0.1) is 0 Å². The van der Waals surface area contributed by atoms with Crippen molar-refractivity contribution >= 4 is 11.3 Å². The third-order valence-corrected chi connectivity index (χ3v) is 4.12. The summed E-state index contributed by atoms with van der Waals surface area (Å²) in [4.78, 5) is 4.58. The van der Waals surface area contributed by atoms with E-state index in [4.69, 9.17) is 4.42 Å². The summed E-state index contributed by atoms with van der Waals surface area (Å²) in [6.45, 7) is 0.877. The molecule has 3 rings (SSSR count). The Kier molecular flexibility index (Phi) is 3.25. The van der Waals surface area contributed by atoms with Crippen LogP contribution in [0.3, 0.4) is 0 Å². The van der Waals surface area contributed by atoms with Crippen LogP contribution in [0.1, 0.15) is 31.4 Å². The summed E-state index contributed by atoms with van der Waals surface area (Å²) in [7, 11) is 0. The molecule has 2 aromatic heterocycles. The van der Waals surface area contributed by atoms with Crippen LogP contribution in [0.25, 0.3) is 10.8 Å². The summed E-state index contributed by atoms with van der Waals surface area (Å²) in [6.07, 6.45) is 7.05. The summed E-state index contributed by atoms with van der Waals surface area (Å²) >= 11 is 1.64. The van der Waals surface area contributed by atoms with Gasteiger partial charge in [0.25, 0.3) is 0 Å². The molecule has 4 heteroatoms. The lowest BCUT2D eigenvalue weighted by atomic mass is 10.2. The highest BCUT2D eigenvalue weighted by atomic mass is 32.1. The van der Waals surface area contributed by atoms with Crippen molar-refractivity contribution in [2.75, 3.05) is 0 Å². The van der Waals surface area contributed by atoms with E-state index >= 15 is 0 Å². The molecule has 1 aliphatic rings. The van der Waals surface area contributed by atoms with Crippen LogP contribution in [0.2, 0.25) is 0 Å². The van der Waals surface area contributed by atoms with Gasteiger partial charge in [-0.25, -0.2) is 4.98 Å². The zero-order chi connectivity index (χ0) is 11.5. The maximum absolute atomic E-state index is 5.34. The Morgan fingerprint density at radius 1 is 1.41 bits per heavy atom. The lowest BCUT2D eigenvalue weighted by molar-refractivity contribution is 0.520. The Hall–Kier alpha value is -1.13. The van der Waals surface area contributed by atoms with Gasteiger partial charge in [-0.05, 0) is 25.0 Å². The molecular formula is C13H16N2OS. The second kappa shape index (κ2) is 5.02.